The van der Waals surface area contributed by atoms with Crippen LogP contribution >= 0.6 is 0 Å². The molecule has 0 aromatic heterocycles. The van der Waals surface area contributed by atoms with Crippen LogP contribution in [0.1, 0.15) is 17.2 Å². The van der Waals surface area contributed by atoms with Crippen LogP contribution in [0.3, 0.4) is 0 Å². The van der Waals surface area contributed by atoms with Gasteiger partial charge in [-0.2, -0.15) is 0 Å². The van der Waals surface area contributed by atoms with Gasteiger partial charge in [-0.15, -0.1) is 0 Å². The quantitative estimate of drug-likeness (QED) is 0.786. The van der Waals surface area contributed by atoms with Crippen molar-refractivity contribution >= 4 is 10.0 Å². The van der Waals surface area contributed by atoms with Gasteiger partial charge in [-0.3, -0.25) is 4.90 Å². The lowest BCUT2D eigenvalue weighted by Crippen LogP contribution is -2.43. The minimum Gasteiger partial charge on any atom is -0.495 e. The molecule has 0 bridgehead atoms. The molecule has 0 spiro atoms. The molecule has 1 aliphatic rings. The maximum atomic E-state index is 13.2. The molecule has 3 rings (SSSR count). The molecule has 2 aromatic carbocycles. The number of nitrogens with zero attached hydrogens (tertiary/aromatic N) is 1. The van der Waals surface area contributed by atoms with Gasteiger partial charge < -0.3 is 9.47 Å². The Morgan fingerprint density at radius 1 is 1.15 bits per heavy atom. The summed E-state index contributed by atoms with van der Waals surface area (Å²) in [7, 11) is -2.28. The summed E-state index contributed by atoms with van der Waals surface area (Å²) in [6, 6.07) is 14.4. The van der Waals surface area contributed by atoms with Crippen molar-refractivity contribution in [2.24, 2.45) is 0 Å². The first kappa shape index (κ1) is 19.8. The Hall–Kier alpha value is -1.93. The number of morpholine rings is 1. The summed E-state index contributed by atoms with van der Waals surface area (Å²) in [5.74, 6) is 0.339. The summed E-state index contributed by atoms with van der Waals surface area (Å²) >= 11 is 0. The average Bonchev–Trinajstić information content (AvgIpc) is 2.69. The van der Waals surface area contributed by atoms with Gasteiger partial charge in [0.25, 0.3) is 0 Å². The topological polar surface area (TPSA) is 67.9 Å². The molecular formula is C20H26N2O4S. The van der Waals surface area contributed by atoms with Gasteiger partial charge in [-0.25, -0.2) is 13.1 Å². The highest BCUT2D eigenvalue weighted by atomic mass is 32.2. The second-order valence-corrected chi connectivity index (χ2v) is 8.33. The highest BCUT2D eigenvalue weighted by Crippen LogP contribution is 2.27. The van der Waals surface area contributed by atoms with Gasteiger partial charge in [0.15, 0.2) is 0 Å². The Labute approximate surface area is 161 Å². The van der Waals surface area contributed by atoms with Crippen LogP contribution in [0.25, 0.3) is 0 Å². The van der Waals surface area contributed by atoms with Crippen LogP contribution in [0, 0.1) is 6.92 Å². The second kappa shape index (κ2) is 8.84. The van der Waals surface area contributed by atoms with Crippen molar-refractivity contribution in [1.29, 1.82) is 0 Å². The van der Waals surface area contributed by atoms with Crippen molar-refractivity contribution in [2.75, 3.05) is 40.0 Å². The van der Waals surface area contributed by atoms with Gasteiger partial charge in [-0.1, -0.05) is 36.4 Å². The molecular weight excluding hydrogens is 364 g/mol. The zero-order chi connectivity index (χ0) is 19.3. The SMILES string of the molecule is COc1ccc(C)cc1S(=O)(=O)N[C@H](CN1CCOCC1)c1ccccc1. The van der Waals surface area contributed by atoms with E-state index in [1.165, 1.54) is 7.11 Å². The molecule has 1 saturated heterocycles. The Balaban J connectivity index is 1.89. The molecule has 0 saturated carbocycles. The van der Waals surface area contributed by atoms with Gasteiger partial charge in [-0.05, 0) is 30.2 Å². The molecule has 6 nitrogen and oxygen atoms in total. The fourth-order valence-corrected chi connectivity index (χ4v) is 4.65. The summed E-state index contributed by atoms with van der Waals surface area (Å²) in [6.45, 7) is 5.36. The molecule has 1 aliphatic heterocycles. The highest BCUT2D eigenvalue weighted by Gasteiger charge is 2.26. The van der Waals surface area contributed by atoms with Crippen molar-refractivity contribution in [2.45, 2.75) is 17.9 Å². The minimum absolute atomic E-state index is 0.160. The molecule has 146 valence electrons. The molecule has 1 heterocycles. The lowest BCUT2D eigenvalue weighted by atomic mass is 10.1. The summed E-state index contributed by atoms with van der Waals surface area (Å²) < 4.78 is 39.9. The summed E-state index contributed by atoms with van der Waals surface area (Å²) in [6.07, 6.45) is 0. The number of rotatable bonds is 7. The fraction of sp³-hybridized carbons (Fsp3) is 0.400. The van der Waals surface area contributed by atoms with Gasteiger partial charge in [0.05, 0.1) is 26.4 Å². The molecule has 1 fully saturated rings. The number of nitrogens with one attached hydrogen (secondary N) is 1. The van der Waals surface area contributed by atoms with E-state index in [1.807, 2.05) is 43.3 Å². The predicted molar refractivity (Wildman–Crippen MR) is 104 cm³/mol. The number of hydrogen-bond donors (Lipinski definition) is 1. The zero-order valence-electron chi connectivity index (χ0n) is 15.7. The highest BCUT2D eigenvalue weighted by molar-refractivity contribution is 7.89. The summed E-state index contributed by atoms with van der Waals surface area (Å²) in [5.41, 5.74) is 1.79. The van der Waals surface area contributed by atoms with E-state index in [-0.39, 0.29) is 10.9 Å². The molecule has 7 heteroatoms. The average molecular weight is 391 g/mol. The number of methoxy groups -OCH3 is 1. The third-order valence-corrected chi connectivity index (χ3v) is 6.15. The van der Waals surface area contributed by atoms with Crippen molar-refractivity contribution in [1.82, 2.24) is 9.62 Å². The Morgan fingerprint density at radius 3 is 2.52 bits per heavy atom. The van der Waals surface area contributed by atoms with Crippen LogP contribution in [-0.4, -0.2) is 53.3 Å². The smallest absolute Gasteiger partial charge is 0.244 e. The van der Waals surface area contributed by atoms with Crippen LogP contribution in [0.4, 0.5) is 0 Å². The van der Waals surface area contributed by atoms with E-state index in [0.717, 1.165) is 24.2 Å². The molecule has 27 heavy (non-hydrogen) atoms. The second-order valence-electron chi connectivity index (χ2n) is 6.65. The summed E-state index contributed by atoms with van der Waals surface area (Å²) in [4.78, 5) is 2.38. The van der Waals surface area contributed by atoms with Crippen molar-refractivity contribution in [3.05, 3.63) is 59.7 Å². The van der Waals surface area contributed by atoms with Crippen LogP contribution in [0.15, 0.2) is 53.4 Å². The minimum atomic E-state index is -3.76. The summed E-state index contributed by atoms with van der Waals surface area (Å²) in [5, 5.41) is 0. The van der Waals surface area contributed by atoms with E-state index in [0.29, 0.717) is 25.5 Å². The molecule has 0 amide bonds. The van der Waals surface area contributed by atoms with E-state index < -0.39 is 10.0 Å². The van der Waals surface area contributed by atoms with E-state index in [9.17, 15) is 8.42 Å². The predicted octanol–water partition coefficient (Wildman–Crippen LogP) is 2.36. The van der Waals surface area contributed by atoms with Crippen molar-refractivity contribution < 1.29 is 17.9 Å². The van der Waals surface area contributed by atoms with Crippen molar-refractivity contribution in [3.63, 3.8) is 0 Å². The Bertz CT molecular complexity index is 850. The maximum Gasteiger partial charge on any atom is 0.244 e. The Morgan fingerprint density at radius 2 is 1.85 bits per heavy atom. The molecule has 1 atom stereocenters. The van der Waals surface area contributed by atoms with Crippen LogP contribution in [0.5, 0.6) is 5.75 Å². The Kier molecular flexibility index (Phi) is 6.49. The third-order valence-electron chi connectivity index (χ3n) is 4.65. The largest absolute Gasteiger partial charge is 0.495 e. The fourth-order valence-electron chi connectivity index (χ4n) is 3.18. The number of ether oxygens (including phenoxy) is 2. The monoisotopic (exact) mass is 390 g/mol. The molecule has 2 aromatic rings. The first-order chi connectivity index (χ1) is 13.0. The van der Waals surface area contributed by atoms with E-state index in [1.54, 1.807) is 12.1 Å². The van der Waals surface area contributed by atoms with E-state index in [4.69, 9.17) is 9.47 Å². The normalized spacial score (nSPS) is 16.8. The van der Waals surface area contributed by atoms with Gasteiger partial charge >= 0.3 is 0 Å². The van der Waals surface area contributed by atoms with Crippen LogP contribution in [-0.2, 0) is 14.8 Å². The van der Waals surface area contributed by atoms with Gasteiger partial charge in [0.2, 0.25) is 10.0 Å². The van der Waals surface area contributed by atoms with Gasteiger partial charge in [0.1, 0.15) is 10.6 Å². The lowest BCUT2D eigenvalue weighted by Gasteiger charge is -2.31. The van der Waals surface area contributed by atoms with E-state index >= 15 is 0 Å². The zero-order valence-corrected chi connectivity index (χ0v) is 16.5. The number of hydrogen-bond acceptors (Lipinski definition) is 5. The standard InChI is InChI=1S/C20H26N2O4S/c1-16-8-9-19(25-2)20(14-16)27(23,24)21-18(17-6-4-3-5-7-17)15-22-10-12-26-13-11-22/h3-9,14,18,21H,10-13,15H2,1-2H3/t18-/m1/s1. The first-order valence-corrected chi connectivity index (χ1v) is 10.5. The lowest BCUT2D eigenvalue weighted by molar-refractivity contribution is 0.0345. The number of sulfonamides is 1. The number of benzene rings is 2. The first-order valence-electron chi connectivity index (χ1n) is 9.01. The molecule has 1 N–H and O–H groups in total. The van der Waals surface area contributed by atoms with E-state index in [2.05, 4.69) is 9.62 Å². The molecule has 0 radical (unpaired) electrons. The number of aryl methyl sites for hydroxylation is 1. The molecule has 0 unspecified atom stereocenters. The van der Waals surface area contributed by atoms with Gasteiger partial charge in [0, 0.05) is 19.6 Å². The maximum absolute atomic E-state index is 13.2. The van der Waals surface area contributed by atoms with Crippen molar-refractivity contribution in [3.8, 4) is 5.75 Å². The molecule has 0 aliphatic carbocycles. The third kappa shape index (κ3) is 5.07. The van der Waals surface area contributed by atoms with Crippen LogP contribution in [0.2, 0.25) is 0 Å². The van der Waals surface area contributed by atoms with Crippen LogP contribution < -0.4 is 9.46 Å².